The molecule has 7 nitrogen and oxygen atoms in total. The van der Waals surface area contributed by atoms with Gasteiger partial charge in [-0.05, 0) is 48.5 Å². The number of nitrogens with zero attached hydrogens (tertiary/aromatic N) is 2. The van der Waals surface area contributed by atoms with Crippen LogP contribution in [-0.4, -0.2) is 34.2 Å². The smallest absolute Gasteiger partial charge is 0.264 e. The largest absolute Gasteiger partial charge is 0.496 e. The van der Waals surface area contributed by atoms with Gasteiger partial charge < -0.3 is 4.74 Å². The highest BCUT2D eigenvalue weighted by molar-refractivity contribution is 7.92. The molecule has 0 aliphatic heterocycles. The Morgan fingerprint density at radius 2 is 1.68 bits per heavy atom. The third-order valence-electron chi connectivity index (χ3n) is 4.26. The maximum Gasteiger partial charge on any atom is 0.264 e. The molecule has 31 heavy (non-hydrogen) atoms. The molecule has 0 spiro atoms. The van der Waals surface area contributed by atoms with Crippen LogP contribution in [-0.2, 0) is 14.8 Å². The number of methoxy groups -OCH3 is 1. The fourth-order valence-electron chi connectivity index (χ4n) is 2.75. The number of halogens is 1. The zero-order valence-corrected chi connectivity index (χ0v) is 18.2. The first kappa shape index (κ1) is 22.3. The Hall–Kier alpha value is -3.36. The van der Waals surface area contributed by atoms with Gasteiger partial charge in [-0.15, -0.1) is 0 Å². The molecule has 0 heterocycles. The van der Waals surface area contributed by atoms with Crippen molar-refractivity contribution in [1.29, 1.82) is 0 Å². The number of nitrogens with one attached hydrogen (secondary N) is 1. The number of amides is 1. The molecule has 3 rings (SSSR count). The highest BCUT2D eigenvalue weighted by atomic mass is 35.5. The van der Waals surface area contributed by atoms with E-state index in [-0.39, 0.29) is 4.90 Å². The number of rotatable bonds is 8. The van der Waals surface area contributed by atoms with E-state index in [9.17, 15) is 13.2 Å². The first-order chi connectivity index (χ1) is 14.9. The second kappa shape index (κ2) is 10.1. The van der Waals surface area contributed by atoms with Gasteiger partial charge in [0.05, 0.1) is 23.9 Å². The third-order valence-corrected chi connectivity index (χ3v) is 6.30. The van der Waals surface area contributed by atoms with Crippen LogP contribution >= 0.6 is 11.6 Å². The molecule has 160 valence electrons. The van der Waals surface area contributed by atoms with Gasteiger partial charge in [0.2, 0.25) is 0 Å². The van der Waals surface area contributed by atoms with Gasteiger partial charge in [-0.3, -0.25) is 9.10 Å². The molecule has 0 aromatic heterocycles. The Balaban J connectivity index is 1.82. The molecule has 0 unspecified atom stereocenters. The number of hydrogen-bond donors (Lipinski definition) is 1. The van der Waals surface area contributed by atoms with Crippen molar-refractivity contribution < 1.29 is 17.9 Å². The Labute approximate surface area is 186 Å². The fraction of sp³-hybridized carbons (Fsp3) is 0.0909. The summed E-state index contributed by atoms with van der Waals surface area (Å²) in [5.74, 6) is -0.0180. The molecule has 1 N–H and O–H groups in total. The van der Waals surface area contributed by atoms with Crippen LogP contribution in [0.4, 0.5) is 5.69 Å². The van der Waals surface area contributed by atoms with Crippen LogP contribution in [0.15, 0.2) is 88.9 Å². The van der Waals surface area contributed by atoms with Gasteiger partial charge in [0, 0.05) is 10.6 Å². The van der Waals surface area contributed by atoms with E-state index < -0.39 is 22.5 Å². The van der Waals surface area contributed by atoms with Crippen LogP contribution in [0.1, 0.15) is 5.56 Å². The summed E-state index contributed by atoms with van der Waals surface area (Å²) < 4.78 is 32.6. The summed E-state index contributed by atoms with van der Waals surface area (Å²) in [6.45, 7) is -0.470. The quantitative estimate of drug-likeness (QED) is 0.412. The lowest BCUT2D eigenvalue weighted by Gasteiger charge is -2.23. The van der Waals surface area contributed by atoms with Crippen LogP contribution in [0.3, 0.4) is 0 Å². The molecule has 3 aromatic rings. The van der Waals surface area contributed by atoms with Crippen molar-refractivity contribution >= 4 is 39.4 Å². The van der Waals surface area contributed by atoms with E-state index >= 15 is 0 Å². The molecule has 0 fully saturated rings. The molecule has 0 radical (unpaired) electrons. The van der Waals surface area contributed by atoms with Gasteiger partial charge in [-0.2, -0.15) is 5.10 Å². The van der Waals surface area contributed by atoms with Crippen molar-refractivity contribution in [2.45, 2.75) is 4.90 Å². The number of para-hydroxylation sites is 1. The molecule has 0 bridgehead atoms. The molecule has 0 saturated carbocycles. The van der Waals surface area contributed by atoms with E-state index in [1.54, 1.807) is 48.5 Å². The van der Waals surface area contributed by atoms with Crippen LogP contribution in [0, 0.1) is 0 Å². The summed E-state index contributed by atoms with van der Waals surface area (Å²) in [4.78, 5) is 12.6. The lowest BCUT2D eigenvalue weighted by atomic mass is 10.2. The van der Waals surface area contributed by atoms with Crippen molar-refractivity contribution in [3.8, 4) is 5.75 Å². The van der Waals surface area contributed by atoms with Gasteiger partial charge in [-0.25, -0.2) is 13.8 Å². The predicted octanol–water partition coefficient (Wildman–Crippen LogP) is 3.69. The van der Waals surface area contributed by atoms with E-state index in [0.717, 1.165) is 4.31 Å². The minimum Gasteiger partial charge on any atom is -0.496 e. The zero-order valence-electron chi connectivity index (χ0n) is 16.6. The SMILES string of the molecule is COc1ccccc1/C=N\NC(=O)CN(c1ccc(Cl)cc1)S(=O)(=O)c1ccccc1. The molecule has 9 heteroatoms. The average molecular weight is 458 g/mol. The highest BCUT2D eigenvalue weighted by Gasteiger charge is 2.27. The Morgan fingerprint density at radius 1 is 1.03 bits per heavy atom. The summed E-state index contributed by atoms with van der Waals surface area (Å²) in [6, 6.07) is 21.2. The Bertz CT molecular complexity index is 1170. The monoisotopic (exact) mass is 457 g/mol. The van der Waals surface area contributed by atoms with Gasteiger partial charge in [-0.1, -0.05) is 41.9 Å². The normalized spacial score (nSPS) is 11.3. The van der Waals surface area contributed by atoms with Crippen LogP contribution in [0.5, 0.6) is 5.75 Å². The Morgan fingerprint density at radius 3 is 2.35 bits per heavy atom. The van der Waals surface area contributed by atoms with E-state index in [1.807, 2.05) is 6.07 Å². The standard InChI is InChI=1S/C22H20ClN3O4S/c1-30-21-10-6-5-7-17(21)15-24-25-22(27)16-26(19-13-11-18(23)12-14-19)31(28,29)20-8-3-2-4-9-20/h2-15H,16H2,1H3,(H,25,27)/b24-15-. The second-order valence-electron chi connectivity index (χ2n) is 6.34. The van der Waals surface area contributed by atoms with Crippen molar-refractivity contribution in [1.82, 2.24) is 5.43 Å². The molecular formula is C22H20ClN3O4S. The zero-order chi connectivity index (χ0) is 22.3. The minimum atomic E-state index is -3.99. The molecular weight excluding hydrogens is 438 g/mol. The first-order valence-corrected chi connectivity index (χ1v) is 11.0. The van der Waals surface area contributed by atoms with Crippen LogP contribution in [0.2, 0.25) is 5.02 Å². The van der Waals surface area contributed by atoms with E-state index in [4.69, 9.17) is 16.3 Å². The fourth-order valence-corrected chi connectivity index (χ4v) is 4.32. The second-order valence-corrected chi connectivity index (χ2v) is 8.64. The summed E-state index contributed by atoms with van der Waals surface area (Å²) in [5.41, 5.74) is 3.33. The van der Waals surface area contributed by atoms with E-state index in [0.29, 0.717) is 22.0 Å². The highest BCUT2D eigenvalue weighted by Crippen LogP contribution is 2.25. The van der Waals surface area contributed by atoms with E-state index in [1.165, 1.54) is 37.6 Å². The van der Waals surface area contributed by atoms with Gasteiger partial charge in [0.1, 0.15) is 12.3 Å². The minimum absolute atomic E-state index is 0.0651. The molecule has 0 atom stereocenters. The number of anilines is 1. The van der Waals surface area contributed by atoms with Crippen molar-refractivity contribution in [2.75, 3.05) is 18.0 Å². The summed E-state index contributed by atoms with van der Waals surface area (Å²) in [7, 11) is -2.46. The number of carbonyl (C=O) groups excluding carboxylic acids is 1. The number of carbonyl (C=O) groups is 1. The lowest BCUT2D eigenvalue weighted by Crippen LogP contribution is -2.39. The summed E-state index contributed by atoms with van der Waals surface area (Å²) in [6.07, 6.45) is 1.43. The molecule has 0 saturated heterocycles. The van der Waals surface area contributed by atoms with Crippen molar-refractivity contribution in [3.05, 3.63) is 89.4 Å². The summed E-state index contributed by atoms with van der Waals surface area (Å²) in [5, 5.41) is 4.37. The van der Waals surface area contributed by atoms with Crippen LogP contribution < -0.4 is 14.5 Å². The van der Waals surface area contributed by atoms with Gasteiger partial charge in [0.15, 0.2) is 0 Å². The number of benzene rings is 3. The number of hydrogen-bond acceptors (Lipinski definition) is 5. The molecule has 0 aliphatic carbocycles. The maximum absolute atomic E-state index is 13.2. The maximum atomic E-state index is 13.2. The van der Waals surface area contributed by atoms with Crippen molar-refractivity contribution in [2.24, 2.45) is 5.10 Å². The molecule has 1 amide bonds. The van der Waals surface area contributed by atoms with Crippen molar-refractivity contribution in [3.63, 3.8) is 0 Å². The topological polar surface area (TPSA) is 88.1 Å². The molecule has 0 aliphatic rings. The first-order valence-electron chi connectivity index (χ1n) is 9.20. The van der Waals surface area contributed by atoms with Gasteiger partial charge in [0.25, 0.3) is 15.9 Å². The number of hydrazone groups is 1. The molecule has 3 aromatic carbocycles. The number of sulfonamides is 1. The average Bonchev–Trinajstić information content (AvgIpc) is 2.79. The third kappa shape index (κ3) is 5.62. The van der Waals surface area contributed by atoms with Gasteiger partial charge >= 0.3 is 0 Å². The lowest BCUT2D eigenvalue weighted by molar-refractivity contribution is -0.119. The van der Waals surface area contributed by atoms with Crippen LogP contribution in [0.25, 0.3) is 0 Å². The van der Waals surface area contributed by atoms with E-state index in [2.05, 4.69) is 10.5 Å². The Kier molecular flexibility index (Phi) is 7.28. The predicted molar refractivity (Wildman–Crippen MR) is 121 cm³/mol. The summed E-state index contributed by atoms with van der Waals surface area (Å²) >= 11 is 5.93. The number of ether oxygens (including phenoxy) is 1.